The van der Waals surface area contributed by atoms with Gasteiger partial charge in [-0.25, -0.2) is 19.0 Å². The van der Waals surface area contributed by atoms with Crippen molar-refractivity contribution in [1.29, 1.82) is 0 Å². The summed E-state index contributed by atoms with van der Waals surface area (Å²) < 4.78 is 19.6. The summed E-state index contributed by atoms with van der Waals surface area (Å²) in [6.45, 7) is 2.96. The summed E-state index contributed by atoms with van der Waals surface area (Å²) in [4.78, 5) is 39.5. The van der Waals surface area contributed by atoms with Gasteiger partial charge in [0.1, 0.15) is 5.82 Å². The maximum Gasteiger partial charge on any atom is 0.357 e. The number of nitrogens with zero attached hydrogens (tertiary/aromatic N) is 2. The van der Waals surface area contributed by atoms with Crippen LogP contribution in [0.3, 0.4) is 0 Å². The zero-order valence-corrected chi connectivity index (χ0v) is 15.2. The second-order valence-electron chi connectivity index (χ2n) is 5.06. The van der Waals surface area contributed by atoms with Crippen molar-refractivity contribution in [3.05, 3.63) is 54.6 Å². The topological polar surface area (TPSA) is 102 Å². The Bertz CT molecular complexity index is 851. The summed E-state index contributed by atoms with van der Waals surface area (Å²) >= 11 is 1.28. The summed E-state index contributed by atoms with van der Waals surface area (Å²) in [7, 11) is 0. The molecule has 0 atom stereocenters. The number of ether oxygens (including phenoxy) is 1. The fourth-order valence-electron chi connectivity index (χ4n) is 2.04. The van der Waals surface area contributed by atoms with Gasteiger partial charge in [-0.05, 0) is 30.5 Å². The zero-order chi connectivity index (χ0) is 19.8. The number of rotatable bonds is 7. The van der Waals surface area contributed by atoms with Crippen LogP contribution in [0.2, 0.25) is 0 Å². The monoisotopic (exact) mass is 392 g/mol. The number of urea groups is 1. The number of hydrogen-bond acceptors (Lipinski definition) is 6. The second kappa shape index (κ2) is 9.53. The van der Waals surface area contributed by atoms with Crippen LogP contribution in [0.15, 0.2) is 48.3 Å². The van der Waals surface area contributed by atoms with Gasteiger partial charge < -0.3 is 10.1 Å². The lowest BCUT2D eigenvalue weighted by Gasteiger charge is -2.11. The summed E-state index contributed by atoms with van der Waals surface area (Å²) in [6, 6.07) is 4.76. The van der Waals surface area contributed by atoms with Crippen molar-refractivity contribution in [2.45, 2.75) is 5.16 Å². The van der Waals surface area contributed by atoms with Crippen LogP contribution < -0.4 is 10.6 Å². The molecule has 2 N–H and O–H groups in total. The molecule has 0 unspecified atom stereocenters. The molecular formula is C17H17FN4O4S. The van der Waals surface area contributed by atoms with Crippen molar-refractivity contribution in [3.8, 4) is 5.69 Å². The molecule has 0 saturated carbocycles. The fraction of sp³-hybridized carbons (Fsp3) is 0.176. The molecule has 10 heteroatoms. The van der Waals surface area contributed by atoms with Crippen LogP contribution in [0.5, 0.6) is 0 Å². The number of carbonyl (C=O) groups is 3. The van der Waals surface area contributed by atoms with Gasteiger partial charge in [-0.3, -0.25) is 14.7 Å². The van der Waals surface area contributed by atoms with Gasteiger partial charge in [0.2, 0.25) is 0 Å². The zero-order valence-electron chi connectivity index (χ0n) is 14.4. The number of carbonyl (C=O) groups excluding carboxylic acids is 3. The van der Waals surface area contributed by atoms with Crippen LogP contribution in [0.25, 0.3) is 5.69 Å². The Hall–Kier alpha value is -3.14. The Morgan fingerprint density at radius 3 is 2.67 bits per heavy atom. The Balaban J connectivity index is 2.07. The molecule has 27 heavy (non-hydrogen) atoms. The molecule has 2 rings (SSSR count). The third-order valence-corrected chi connectivity index (χ3v) is 3.85. The van der Waals surface area contributed by atoms with E-state index in [1.165, 1.54) is 52.9 Å². The molecule has 2 aromatic rings. The lowest BCUT2D eigenvalue weighted by atomic mass is 10.3. The van der Waals surface area contributed by atoms with E-state index in [4.69, 9.17) is 4.74 Å². The van der Waals surface area contributed by atoms with E-state index in [0.29, 0.717) is 10.8 Å². The number of thioether (sulfide) groups is 1. The minimum Gasteiger partial charge on any atom is -0.451 e. The fourth-order valence-corrected chi connectivity index (χ4v) is 2.58. The molecule has 0 radical (unpaired) electrons. The van der Waals surface area contributed by atoms with E-state index in [2.05, 4.69) is 16.9 Å². The lowest BCUT2D eigenvalue weighted by molar-refractivity contribution is -0.123. The van der Waals surface area contributed by atoms with Gasteiger partial charge in [-0.2, -0.15) is 0 Å². The summed E-state index contributed by atoms with van der Waals surface area (Å²) in [5.41, 5.74) is 0.577. The number of halogens is 1. The highest BCUT2D eigenvalue weighted by Crippen LogP contribution is 2.22. The first kappa shape index (κ1) is 20.2. The van der Waals surface area contributed by atoms with E-state index in [1.807, 2.05) is 5.32 Å². The highest BCUT2D eigenvalue weighted by Gasteiger charge is 2.20. The Kier molecular flexibility index (Phi) is 7.12. The highest BCUT2D eigenvalue weighted by atomic mass is 32.2. The number of hydrogen-bond donors (Lipinski definition) is 2. The molecule has 1 aromatic carbocycles. The van der Waals surface area contributed by atoms with E-state index < -0.39 is 30.3 Å². The summed E-state index contributed by atoms with van der Waals surface area (Å²) in [6.07, 6.45) is 4.52. The SMILES string of the molecule is C=CCNC(=O)NC(=O)COC(=O)c1cnc(SC)n1-c1ccc(F)cc1. The largest absolute Gasteiger partial charge is 0.451 e. The molecular weight excluding hydrogens is 375 g/mol. The van der Waals surface area contributed by atoms with E-state index in [-0.39, 0.29) is 12.2 Å². The van der Waals surface area contributed by atoms with Crippen LogP contribution in [0.1, 0.15) is 10.5 Å². The van der Waals surface area contributed by atoms with Gasteiger partial charge in [-0.1, -0.05) is 17.8 Å². The van der Waals surface area contributed by atoms with E-state index in [1.54, 1.807) is 6.26 Å². The highest BCUT2D eigenvalue weighted by molar-refractivity contribution is 7.98. The van der Waals surface area contributed by atoms with Crippen LogP contribution >= 0.6 is 11.8 Å². The molecule has 0 saturated heterocycles. The Labute approximate surface area is 158 Å². The average molecular weight is 392 g/mol. The van der Waals surface area contributed by atoms with Crippen molar-refractivity contribution in [2.24, 2.45) is 0 Å². The van der Waals surface area contributed by atoms with Crippen LogP contribution in [-0.2, 0) is 9.53 Å². The number of benzene rings is 1. The molecule has 0 fully saturated rings. The predicted molar refractivity (Wildman–Crippen MR) is 97.3 cm³/mol. The number of amides is 3. The minimum absolute atomic E-state index is 0.0647. The van der Waals surface area contributed by atoms with Crippen LogP contribution in [-0.4, -0.2) is 46.9 Å². The molecule has 0 aliphatic heterocycles. The Morgan fingerprint density at radius 2 is 2.04 bits per heavy atom. The van der Waals surface area contributed by atoms with Gasteiger partial charge >= 0.3 is 12.0 Å². The first-order valence-corrected chi connectivity index (χ1v) is 8.92. The third-order valence-electron chi connectivity index (χ3n) is 3.20. The smallest absolute Gasteiger partial charge is 0.357 e. The summed E-state index contributed by atoms with van der Waals surface area (Å²) in [5.74, 6) is -2.02. The van der Waals surface area contributed by atoms with Gasteiger partial charge in [0, 0.05) is 12.2 Å². The molecule has 8 nitrogen and oxygen atoms in total. The lowest BCUT2D eigenvalue weighted by Crippen LogP contribution is -2.41. The van der Waals surface area contributed by atoms with Crippen LogP contribution in [0, 0.1) is 5.82 Å². The quantitative estimate of drug-likeness (QED) is 0.424. The van der Waals surface area contributed by atoms with Gasteiger partial charge in [0.25, 0.3) is 5.91 Å². The first-order chi connectivity index (χ1) is 13.0. The Morgan fingerprint density at radius 1 is 1.33 bits per heavy atom. The summed E-state index contributed by atoms with van der Waals surface area (Å²) in [5, 5.41) is 4.85. The molecule has 0 bridgehead atoms. The molecule has 3 amide bonds. The number of imide groups is 1. The van der Waals surface area contributed by atoms with Crippen molar-refractivity contribution in [1.82, 2.24) is 20.2 Å². The second-order valence-corrected chi connectivity index (χ2v) is 5.84. The van der Waals surface area contributed by atoms with E-state index in [0.717, 1.165) is 0 Å². The number of aromatic nitrogens is 2. The number of imidazole rings is 1. The molecule has 0 aliphatic carbocycles. The molecule has 1 heterocycles. The van der Waals surface area contributed by atoms with E-state index in [9.17, 15) is 18.8 Å². The van der Waals surface area contributed by atoms with Crippen molar-refractivity contribution in [3.63, 3.8) is 0 Å². The van der Waals surface area contributed by atoms with Crippen LogP contribution in [0.4, 0.5) is 9.18 Å². The molecule has 1 aromatic heterocycles. The van der Waals surface area contributed by atoms with Crippen molar-refractivity contribution < 1.29 is 23.5 Å². The van der Waals surface area contributed by atoms with Gasteiger partial charge in [0.05, 0.1) is 6.20 Å². The normalized spacial score (nSPS) is 10.1. The first-order valence-electron chi connectivity index (χ1n) is 7.69. The number of nitrogens with one attached hydrogen (secondary N) is 2. The third kappa shape index (κ3) is 5.42. The maximum absolute atomic E-state index is 13.2. The van der Waals surface area contributed by atoms with Crippen molar-refractivity contribution >= 4 is 29.7 Å². The van der Waals surface area contributed by atoms with Crippen molar-refractivity contribution in [2.75, 3.05) is 19.4 Å². The molecule has 0 aliphatic rings. The minimum atomic E-state index is -0.811. The van der Waals surface area contributed by atoms with E-state index >= 15 is 0 Å². The van der Waals surface area contributed by atoms with Gasteiger partial charge in [-0.15, -0.1) is 6.58 Å². The molecule has 142 valence electrons. The number of esters is 1. The standard InChI is InChI=1S/C17H17FN4O4S/c1-3-8-19-16(25)21-14(23)10-26-15(24)13-9-20-17(27-2)22(13)12-6-4-11(18)5-7-12/h3-7,9H,1,8,10H2,2H3,(H2,19,21,23,25). The predicted octanol–water partition coefficient (Wildman–Crippen LogP) is 1.90. The maximum atomic E-state index is 13.2. The van der Waals surface area contributed by atoms with Gasteiger partial charge in [0.15, 0.2) is 17.5 Å². The molecule has 0 spiro atoms. The average Bonchev–Trinajstić information content (AvgIpc) is 3.09.